The van der Waals surface area contributed by atoms with E-state index in [1.54, 1.807) is 36.5 Å². The first-order valence-electron chi connectivity index (χ1n) is 11.9. The van der Waals surface area contributed by atoms with Crippen LogP contribution in [0.5, 0.6) is 17.2 Å². The summed E-state index contributed by atoms with van der Waals surface area (Å²) in [7, 11) is 1.41. The second-order valence-electron chi connectivity index (χ2n) is 8.70. The summed E-state index contributed by atoms with van der Waals surface area (Å²) in [6, 6.07) is 11.9. The standard InChI is InChI=1S/C28H27FN4O3/c1-4-24(34)32-16-6-5-8-21(32)28-31-26(27-18(2)30-15-17-33(27)28)19-11-13-20(14-12-19)36-23-10-7-9-22(35-3)25(23)29/h4,7,9-15,17,21H,1,5-6,8,16H2,2-3H3. The van der Waals surface area contributed by atoms with Crippen LogP contribution < -0.4 is 9.47 Å². The molecule has 184 valence electrons. The van der Waals surface area contributed by atoms with Crippen LogP contribution in [-0.4, -0.2) is 38.8 Å². The zero-order valence-corrected chi connectivity index (χ0v) is 20.3. The first-order valence-corrected chi connectivity index (χ1v) is 11.9. The maximum atomic E-state index is 14.5. The molecule has 1 aliphatic rings. The fourth-order valence-corrected chi connectivity index (χ4v) is 4.77. The molecule has 0 saturated carbocycles. The highest BCUT2D eigenvalue weighted by Gasteiger charge is 2.31. The highest BCUT2D eigenvalue weighted by Crippen LogP contribution is 2.36. The van der Waals surface area contributed by atoms with Crippen molar-refractivity contribution in [2.45, 2.75) is 32.2 Å². The average molecular weight is 487 g/mol. The number of benzene rings is 2. The van der Waals surface area contributed by atoms with Gasteiger partial charge in [-0.3, -0.25) is 14.2 Å². The van der Waals surface area contributed by atoms with Gasteiger partial charge < -0.3 is 14.4 Å². The number of carbonyl (C=O) groups is 1. The molecule has 1 amide bonds. The van der Waals surface area contributed by atoms with Gasteiger partial charge in [-0.2, -0.15) is 4.39 Å². The summed E-state index contributed by atoms with van der Waals surface area (Å²) in [5, 5.41) is 0. The molecule has 1 saturated heterocycles. The minimum atomic E-state index is -0.554. The Kier molecular flexibility index (Phi) is 6.41. The number of aryl methyl sites for hydroxylation is 1. The number of hydrogen-bond donors (Lipinski definition) is 0. The molecule has 7 nitrogen and oxygen atoms in total. The van der Waals surface area contributed by atoms with E-state index in [0.717, 1.165) is 47.6 Å². The number of ether oxygens (including phenoxy) is 2. The van der Waals surface area contributed by atoms with Gasteiger partial charge in [0.15, 0.2) is 11.5 Å². The first-order chi connectivity index (χ1) is 17.5. The molecule has 0 aliphatic carbocycles. The normalized spacial score (nSPS) is 15.6. The van der Waals surface area contributed by atoms with Gasteiger partial charge in [0.05, 0.1) is 30.1 Å². The number of piperidine rings is 1. The highest BCUT2D eigenvalue weighted by atomic mass is 19.1. The molecule has 3 heterocycles. The molecule has 1 fully saturated rings. The molecular weight excluding hydrogens is 459 g/mol. The van der Waals surface area contributed by atoms with Gasteiger partial charge in [0, 0.05) is 24.5 Å². The number of aromatic nitrogens is 3. The number of halogens is 1. The molecule has 2 aromatic carbocycles. The number of carbonyl (C=O) groups excluding carboxylic acids is 1. The summed E-state index contributed by atoms with van der Waals surface area (Å²) in [4.78, 5) is 24.0. The molecular formula is C28H27FN4O3. The number of fused-ring (bicyclic) bond motifs is 1. The molecule has 0 bridgehead atoms. The van der Waals surface area contributed by atoms with E-state index >= 15 is 0 Å². The monoisotopic (exact) mass is 486 g/mol. The van der Waals surface area contributed by atoms with Crippen LogP contribution in [0.4, 0.5) is 4.39 Å². The molecule has 8 heteroatoms. The number of rotatable bonds is 6. The third-order valence-electron chi connectivity index (χ3n) is 6.53. The lowest BCUT2D eigenvalue weighted by Crippen LogP contribution is -2.38. The van der Waals surface area contributed by atoms with E-state index in [0.29, 0.717) is 12.3 Å². The Morgan fingerprint density at radius 1 is 1.17 bits per heavy atom. The maximum absolute atomic E-state index is 14.5. The third kappa shape index (κ3) is 4.19. The smallest absolute Gasteiger partial charge is 0.246 e. The van der Waals surface area contributed by atoms with Crippen molar-refractivity contribution in [2.75, 3.05) is 13.7 Å². The van der Waals surface area contributed by atoms with E-state index < -0.39 is 5.82 Å². The van der Waals surface area contributed by atoms with E-state index in [2.05, 4.69) is 11.6 Å². The molecule has 0 N–H and O–H groups in total. The lowest BCUT2D eigenvalue weighted by molar-refractivity contribution is -0.129. The fourth-order valence-electron chi connectivity index (χ4n) is 4.77. The Bertz CT molecular complexity index is 1430. The molecule has 36 heavy (non-hydrogen) atoms. The Morgan fingerprint density at radius 3 is 2.69 bits per heavy atom. The van der Waals surface area contributed by atoms with Crippen LogP contribution in [0.2, 0.25) is 0 Å². The van der Waals surface area contributed by atoms with Gasteiger partial charge in [0.2, 0.25) is 11.7 Å². The Labute approximate surface area is 208 Å². The molecule has 1 atom stereocenters. The van der Waals surface area contributed by atoms with Gasteiger partial charge in [-0.25, -0.2) is 4.98 Å². The second-order valence-corrected chi connectivity index (χ2v) is 8.70. The molecule has 0 spiro atoms. The van der Waals surface area contributed by atoms with Crippen LogP contribution in [0.15, 0.2) is 67.5 Å². The summed E-state index contributed by atoms with van der Waals surface area (Å²) in [5.74, 6) is 0.854. The van der Waals surface area contributed by atoms with E-state index in [-0.39, 0.29) is 23.4 Å². The number of hydrogen-bond acceptors (Lipinski definition) is 5. The molecule has 0 radical (unpaired) electrons. The van der Waals surface area contributed by atoms with E-state index in [1.165, 1.54) is 13.2 Å². The summed E-state index contributed by atoms with van der Waals surface area (Å²) in [6.07, 6.45) is 7.82. The van der Waals surface area contributed by atoms with Crippen LogP contribution >= 0.6 is 0 Å². The predicted molar refractivity (Wildman–Crippen MR) is 135 cm³/mol. The van der Waals surface area contributed by atoms with Crippen molar-refractivity contribution in [3.8, 4) is 28.5 Å². The predicted octanol–water partition coefficient (Wildman–Crippen LogP) is 5.88. The van der Waals surface area contributed by atoms with Gasteiger partial charge in [-0.1, -0.05) is 12.6 Å². The summed E-state index contributed by atoms with van der Waals surface area (Å²) in [6.45, 7) is 6.30. The number of amides is 1. The van der Waals surface area contributed by atoms with Crippen molar-refractivity contribution in [1.29, 1.82) is 0 Å². The topological polar surface area (TPSA) is 69.0 Å². The SMILES string of the molecule is C=CC(=O)N1CCCCC1c1nc(-c2ccc(Oc3cccc(OC)c3F)cc2)c2c(C)nccn12. The number of likely N-dealkylation sites (tertiary alicyclic amines) is 1. The lowest BCUT2D eigenvalue weighted by Gasteiger charge is -2.34. The number of nitrogens with zero attached hydrogens (tertiary/aromatic N) is 4. The van der Waals surface area contributed by atoms with Crippen molar-refractivity contribution in [2.24, 2.45) is 0 Å². The van der Waals surface area contributed by atoms with Crippen molar-refractivity contribution >= 4 is 11.4 Å². The van der Waals surface area contributed by atoms with Crippen LogP contribution in [0, 0.1) is 12.7 Å². The Morgan fingerprint density at radius 2 is 1.94 bits per heavy atom. The van der Waals surface area contributed by atoms with Gasteiger partial charge in [0.1, 0.15) is 11.6 Å². The molecule has 1 aliphatic heterocycles. The van der Waals surface area contributed by atoms with Crippen molar-refractivity contribution in [1.82, 2.24) is 19.3 Å². The molecule has 4 aromatic rings. The van der Waals surface area contributed by atoms with E-state index in [1.807, 2.05) is 34.6 Å². The second kappa shape index (κ2) is 9.81. The zero-order valence-electron chi connectivity index (χ0n) is 20.3. The maximum Gasteiger partial charge on any atom is 0.246 e. The largest absolute Gasteiger partial charge is 0.494 e. The zero-order chi connectivity index (χ0) is 25.2. The van der Waals surface area contributed by atoms with Gasteiger partial charge >= 0.3 is 0 Å². The molecule has 5 rings (SSSR count). The minimum absolute atomic E-state index is 0.0844. The van der Waals surface area contributed by atoms with Crippen LogP contribution in [-0.2, 0) is 4.79 Å². The van der Waals surface area contributed by atoms with E-state index in [4.69, 9.17) is 14.5 Å². The van der Waals surface area contributed by atoms with Crippen molar-refractivity contribution < 1.29 is 18.7 Å². The quantitative estimate of drug-likeness (QED) is 0.318. The van der Waals surface area contributed by atoms with Crippen LogP contribution in [0.25, 0.3) is 16.8 Å². The van der Waals surface area contributed by atoms with Crippen LogP contribution in [0.3, 0.4) is 0 Å². The van der Waals surface area contributed by atoms with E-state index in [9.17, 15) is 9.18 Å². The molecule has 1 unspecified atom stereocenters. The van der Waals surface area contributed by atoms with Crippen molar-refractivity contribution in [3.63, 3.8) is 0 Å². The average Bonchev–Trinajstić information content (AvgIpc) is 3.31. The summed E-state index contributed by atoms with van der Waals surface area (Å²) >= 11 is 0. The van der Waals surface area contributed by atoms with Gasteiger partial charge in [-0.15, -0.1) is 0 Å². The minimum Gasteiger partial charge on any atom is -0.494 e. The number of imidazole rings is 1. The summed E-state index contributed by atoms with van der Waals surface area (Å²) < 4.78 is 27.3. The van der Waals surface area contributed by atoms with Gasteiger partial charge in [-0.05, 0) is 68.7 Å². The Balaban J connectivity index is 1.53. The number of methoxy groups -OCH3 is 1. The molecule has 2 aromatic heterocycles. The summed E-state index contributed by atoms with van der Waals surface area (Å²) in [5.41, 5.74) is 3.36. The highest BCUT2D eigenvalue weighted by molar-refractivity contribution is 5.87. The van der Waals surface area contributed by atoms with Crippen LogP contribution in [0.1, 0.15) is 36.8 Å². The fraction of sp³-hybridized carbons (Fsp3) is 0.250. The Hall–Kier alpha value is -4.20. The van der Waals surface area contributed by atoms with Crippen molar-refractivity contribution in [3.05, 3.63) is 84.8 Å². The van der Waals surface area contributed by atoms with Gasteiger partial charge in [0.25, 0.3) is 0 Å². The third-order valence-corrected chi connectivity index (χ3v) is 6.53. The first kappa shape index (κ1) is 23.5. The lowest BCUT2D eigenvalue weighted by atomic mass is 10.0.